The monoisotopic (exact) mass is 499 g/mol. The Balaban J connectivity index is 1.35. The topological polar surface area (TPSA) is 114 Å². The summed E-state index contributed by atoms with van der Waals surface area (Å²) in [4.78, 5) is 25.6. The van der Waals surface area contributed by atoms with Crippen molar-refractivity contribution in [2.75, 3.05) is 5.32 Å². The van der Waals surface area contributed by atoms with Gasteiger partial charge in [-0.2, -0.15) is 0 Å². The summed E-state index contributed by atoms with van der Waals surface area (Å²) in [5.41, 5.74) is 11.6. The number of amides is 1. The quantitative estimate of drug-likeness (QED) is 0.227. The molecule has 0 unspecified atom stereocenters. The molecule has 1 aliphatic carbocycles. The molecule has 1 saturated carbocycles. The molecule has 0 radical (unpaired) electrons. The number of pyridine rings is 1. The summed E-state index contributed by atoms with van der Waals surface area (Å²) < 4.78 is 1.95. The smallest absolute Gasteiger partial charge is 0.255 e. The van der Waals surface area contributed by atoms with Crippen molar-refractivity contribution < 1.29 is 4.79 Å². The second-order valence-electron chi connectivity index (χ2n) is 10.1. The number of benzene rings is 1. The summed E-state index contributed by atoms with van der Waals surface area (Å²) in [6.07, 6.45) is 15.6. The predicted molar refractivity (Wildman–Crippen MR) is 148 cm³/mol. The fourth-order valence-electron chi connectivity index (χ4n) is 5.10. The van der Waals surface area contributed by atoms with Gasteiger partial charge in [0.1, 0.15) is 5.65 Å². The molecular weight excluding hydrogens is 462 g/mol. The average Bonchev–Trinajstić information content (AvgIpc) is 3.60. The lowest BCUT2D eigenvalue weighted by Gasteiger charge is -2.28. The summed E-state index contributed by atoms with van der Waals surface area (Å²) in [6, 6.07) is 10.8. The number of nitrogens with one attached hydrogen (secondary N) is 3. The Labute approximate surface area is 218 Å². The highest BCUT2D eigenvalue weighted by Gasteiger charge is 2.23. The molecule has 0 atom stereocenters. The van der Waals surface area contributed by atoms with Crippen LogP contribution >= 0.6 is 0 Å². The number of carbonyl (C=O) groups excluding carboxylic acids is 1. The Bertz CT molecular complexity index is 1300. The first-order chi connectivity index (χ1) is 18.1. The van der Waals surface area contributed by atoms with Gasteiger partial charge in [-0.25, -0.2) is 9.97 Å². The van der Waals surface area contributed by atoms with Crippen LogP contribution in [-0.4, -0.2) is 37.5 Å². The Morgan fingerprint density at radius 1 is 1.16 bits per heavy atom. The van der Waals surface area contributed by atoms with Crippen molar-refractivity contribution in [3.05, 3.63) is 72.1 Å². The lowest BCUT2D eigenvalue weighted by atomic mass is 9.91. The number of carbonyl (C=O) groups is 1. The SMILES string of the molecule is CCCCCc1cc2c(NC3CCC(N)CC3)c(C(=O)NCc3ccc(-n4ccnc4)cc3)cnc2[nH]1. The van der Waals surface area contributed by atoms with Crippen LogP contribution in [0.25, 0.3) is 16.7 Å². The number of hydrogen-bond acceptors (Lipinski definition) is 5. The van der Waals surface area contributed by atoms with E-state index in [-0.39, 0.29) is 11.9 Å². The zero-order valence-electron chi connectivity index (χ0n) is 21.5. The average molecular weight is 500 g/mol. The molecule has 0 spiro atoms. The van der Waals surface area contributed by atoms with Gasteiger partial charge in [0.05, 0.1) is 17.6 Å². The van der Waals surface area contributed by atoms with Crippen molar-refractivity contribution in [2.24, 2.45) is 5.73 Å². The first kappa shape index (κ1) is 25.0. The van der Waals surface area contributed by atoms with Crippen LogP contribution in [0.3, 0.4) is 0 Å². The van der Waals surface area contributed by atoms with E-state index < -0.39 is 0 Å². The molecule has 3 aromatic heterocycles. The van der Waals surface area contributed by atoms with E-state index >= 15 is 0 Å². The summed E-state index contributed by atoms with van der Waals surface area (Å²) in [6.45, 7) is 2.65. The van der Waals surface area contributed by atoms with Crippen LogP contribution in [0.5, 0.6) is 0 Å². The number of fused-ring (bicyclic) bond motifs is 1. The molecule has 5 rings (SSSR count). The van der Waals surface area contributed by atoms with E-state index in [1.165, 1.54) is 18.5 Å². The highest BCUT2D eigenvalue weighted by molar-refractivity contribution is 6.06. The number of hydrogen-bond donors (Lipinski definition) is 4. The minimum atomic E-state index is -0.128. The van der Waals surface area contributed by atoms with E-state index in [2.05, 4.69) is 38.6 Å². The number of nitrogens with two attached hydrogens (primary N) is 1. The van der Waals surface area contributed by atoms with Gasteiger partial charge in [-0.1, -0.05) is 31.9 Å². The Morgan fingerprint density at radius 3 is 2.70 bits per heavy atom. The van der Waals surface area contributed by atoms with Crippen molar-refractivity contribution in [1.29, 1.82) is 0 Å². The maximum Gasteiger partial charge on any atom is 0.255 e. The zero-order chi connectivity index (χ0) is 25.6. The third-order valence-corrected chi connectivity index (χ3v) is 7.32. The van der Waals surface area contributed by atoms with Gasteiger partial charge in [0, 0.05) is 54.0 Å². The third kappa shape index (κ3) is 6.02. The number of rotatable bonds is 10. The van der Waals surface area contributed by atoms with E-state index in [1.807, 2.05) is 35.0 Å². The first-order valence-electron chi connectivity index (χ1n) is 13.5. The van der Waals surface area contributed by atoms with E-state index in [9.17, 15) is 4.79 Å². The molecule has 1 fully saturated rings. The summed E-state index contributed by atoms with van der Waals surface area (Å²) in [5, 5.41) is 7.79. The summed E-state index contributed by atoms with van der Waals surface area (Å²) >= 11 is 0. The number of unbranched alkanes of at least 4 members (excludes halogenated alkanes) is 2. The van der Waals surface area contributed by atoms with E-state index in [0.29, 0.717) is 18.2 Å². The number of anilines is 1. The first-order valence-corrected chi connectivity index (χ1v) is 13.5. The fraction of sp³-hybridized carbons (Fsp3) is 0.414. The van der Waals surface area contributed by atoms with Gasteiger partial charge < -0.3 is 25.9 Å². The third-order valence-electron chi connectivity index (χ3n) is 7.32. The molecule has 0 saturated heterocycles. The van der Waals surface area contributed by atoms with Crippen molar-refractivity contribution >= 4 is 22.6 Å². The Morgan fingerprint density at radius 2 is 1.97 bits per heavy atom. The van der Waals surface area contributed by atoms with Crippen LogP contribution in [0.15, 0.2) is 55.2 Å². The maximum atomic E-state index is 13.4. The molecule has 0 aliphatic heterocycles. The van der Waals surface area contributed by atoms with E-state index in [0.717, 1.165) is 66.5 Å². The van der Waals surface area contributed by atoms with Crippen LogP contribution in [0.4, 0.5) is 5.69 Å². The molecule has 1 aromatic carbocycles. The Kier molecular flexibility index (Phi) is 7.84. The number of imidazole rings is 1. The van der Waals surface area contributed by atoms with Crippen molar-refractivity contribution in [2.45, 2.75) is 76.9 Å². The number of nitrogens with zero attached hydrogens (tertiary/aromatic N) is 3. The van der Waals surface area contributed by atoms with Crippen molar-refractivity contribution in [3.8, 4) is 5.69 Å². The van der Waals surface area contributed by atoms with Gasteiger partial charge >= 0.3 is 0 Å². The van der Waals surface area contributed by atoms with Gasteiger partial charge in [-0.15, -0.1) is 0 Å². The van der Waals surface area contributed by atoms with Crippen LogP contribution < -0.4 is 16.4 Å². The lowest BCUT2D eigenvalue weighted by Crippen LogP contribution is -2.33. The summed E-state index contributed by atoms with van der Waals surface area (Å²) in [7, 11) is 0. The molecule has 5 N–H and O–H groups in total. The molecule has 194 valence electrons. The van der Waals surface area contributed by atoms with Gasteiger partial charge in [0.2, 0.25) is 0 Å². The number of aryl methyl sites for hydroxylation is 1. The minimum Gasteiger partial charge on any atom is -0.381 e. The second-order valence-corrected chi connectivity index (χ2v) is 10.1. The molecule has 8 nitrogen and oxygen atoms in total. The standard InChI is InChI=1S/C29H37N7O/c1-2-3-4-5-23-16-25-27(34-22-10-8-21(30)9-11-22)26(18-32-28(25)35-23)29(37)33-17-20-6-12-24(13-7-20)36-15-14-31-19-36/h6-7,12-16,18-19,21-22H,2-5,8-11,17,30H2,1H3,(H,33,37)(H2,32,34,35). The van der Waals surface area contributed by atoms with Gasteiger partial charge in [-0.05, 0) is 62.3 Å². The van der Waals surface area contributed by atoms with Crippen molar-refractivity contribution in [1.82, 2.24) is 24.8 Å². The lowest BCUT2D eigenvalue weighted by molar-refractivity contribution is 0.0951. The van der Waals surface area contributed by atoms with E-state index in [1.54, 1.807) is 18.7 Å². The molecule has 37 heavy (non-hydrogen) atoms. The van der Waals surface area contributed by atoms with Crippen LogP contribution in [0, 0.1) is 0 Å². The highest BCUT2D eigenvalue weighted by Crippen LogP contribution is 2.31. The summed E-state index contributed by atoms with van der Waals surface area (Å²) in [5.74, 6) is -0.128. The molecule has 8 heteroatoms. The molecular formula is C29H37N7O. The second kappa shape index (κ2) is 11.6. The predicted octanol–water partition coefficient (Wildman–Crippen LogP) is 5.09. The number of H-pyrrole nitrogens is 1. The molecule has 0 bridgehead atoms. The largest absolute Gasteiger partial charge is 0.381 e. The molecule has 3 heterocycles. The van der Waals surface area contributed by atoms with E-state index in [4.69, 9.17) is 5.73 Å². The van der Waals surface area contributed by atoms with Gasteiger partial charge in [-0.3, -0.25) is 4.79 Å². The number of aromatic amines is 1. The maximum absolute atomic E-state index is 13.4. The fourth-order valence-corrected chi connectivity index (χ4v) is 5.10. The zero-order valence-corrected chi connectivity index (χ0v) is 21.5. The van der Waals surface area contributed by atoms with Gasteiger partial charge in [0.15, 0.2) is 0 Å². The highest BCUT2D eigenvalue weighted by atomic mass is 16.1. The van der Waals surface area contributed by atoms with Crippen LogP contribution in [-0.2, 0) is 13.0 Å². The molecule has 4 aromatic rings. The molecule has 1 aliphatic rings. The Hall–Kier alpha value is -3.65. The minimum absolute atomic E-state index is 0.128. The van der Waals surface area contributed by atoms with Crippen molar-refractivity contribution in [3.63, 3.8) is 0 Å². The normalized spacial score (nSPS) is 17.7. The van der Waals surface area contributed by atoms with Crippen LogP contribution in [0.2, 0.25) is 0 Å². The van der Waals surface area contributed by atoms with Crippen LogP contribution in [0.1, 0.15) is 73.5 Å². The molecule has 1 amide bonds. The van der Waals surface area contributed by atoms with Gasteiger partial charge in [0.25, 0.3) is 5.91 Å². The number of aromatic nitrogens is 4.